The van der Waals surface area contributed by atoms with Crippen molar-refractivity contribution in [2.75, 3.05) is 19.6 Å². The summed E-state index contributed by atoms with van der Waals surface area (Å²) >= 11 is 0. The third-order valence-electron chi connectivity index (χ3n) is 2.42. The van der Waals surface area contributed by atoms with E-state index in [-0.39, 0.29) is 5.91 Å². The van der Waals surface area contributed by atoms with Crippen molar-refractivity contribution >= 4 is 5.91 Å². The molecule has 0 radical (unpaired) electrons. The van der Waals surface area contributed by atoms with Gasteiger partial charge >= 0.3 is 0 Å². The minimum absolute atomic E-state index is 0.0621. The largest absolute Gasteiger partial charge is 0.472 e. The maximum absolute atomic E-state index is 11.8. The van der Waals surface area contributed by atoms with E-state index in [4.69, 9.17) is 4.42 Å². The number of piperazine rings is 1. The van der Waals surface area contributed by atoms with Crippen LogP contribution < -0.4 is 5.32 Å². The number of hydrogen-bond acceptors (Lipinski definition) is 3. The molecule has 1 atom stereocenters. The predicted octanol–water partition coefficient (Wildman–Crippen LogP) is 0.714. The normalized spacial score (nSPS) is 22.4. The SMILES string of the molecule is C[C@H]1CN(C(=O)c2ccoc2)CCN1. The van der Waals surface area contributed by atoms with E-state index in [1.165, 1.54) is 12.5 Å². The van der Waals surface area contributed by atoms with Crippen LogP contribution >= 0.6 is 0 Å². The molecule has 1 aliphatic rings. The van der Waals surface area contributed by atoms with Gasteiger partial charge in [0.2, 0.25) is 0 Å². The minimum Gasteiger partial charge on any atom is -0.472 e. The Hall–Kier alpha value is -1.29. The maximum Gasteiger partial charge on any atom is 0.257 e. The fourth-order valence-corrected chi connectivity index (χ4v) is 1.69. The predicted molar refractivity (Wildman–Crippen MR) is 52.1 cm³/mol. The molecular weight excluding hydrogens is 180 g/mol. The van der Waals surface area contributed by atoms with Crippen molar-refractivity contribution in [3.63, 3.8) is 0 Å². The van der Waals surface area contributed by atoms with Gasteiger partial charge in [0.15, 0.2) is 0 Å². The number of carbonyl (C=O) groups excluding carboxylic acids is 1. The van der Waals surface area contributed by atoms with Gasteiger partial charge in [-0.2, -0.15) is 0 Å². The van der Waals surface area contributed by atoms with Gasteiger partial charge in [-0.3, -0.25) is 4.79 Å². The molecule has 14 heavy (non-hydrogen) atoms. The molecule has 76 valence electrons. The summed E-state index contributed by atoms with van der Waals surface area (Å²) in [6.45, 7) is 4.48. The van der Waals surface area contributed by atoms with Gasteiger partial charge in [-0.05, 0) is 13.0 Å². The van der Waals surface area contributed by atoms with Crippen molar-refractivity contribution < 1.29 is 9.21 Å². The highest BCUT2D eigenvalue weighted by molar-refractivity contribution is 5.93. The van der Waals surface area contributed by atoms with Crippen LogP contribution in [-0.2, 0) is 0 Å². The summed E-state index contributed by atoms with van der Waals surface area (Å²) in [6, 6.07) is 2.08. The molecule has 1 saturated heterocycles. The van der Waals surface area contributed by atoms with Gasteiger partial charge in [0.05, 0.1) is 11.8 Å². The van der Waals surface area contributed by atoms with Gasteiger partial charge in [-0.1, -0.05) is 0 Å². The van der Waals surface area contributed by atoms with Crippen LogP contribution in [0, 0.1) is 0 Å². The Kier molecular flexibility index (Phi) is 2.54. The summed E-state index contributed by atoms with van der Waals surface area (Å²) in [6.07, 6.45) is 3.02. The average molecular weight is 194 g/mol. The molecule has 0 bridgehead atoms. The molecule has 2 heterocycles. The number of carbonyl (C=O) groups is 1. The molecular formula is C10H14N2O2. The van der Waals surface area contributed by atoms with Crippen LogP contribution in [0.15, 0.2) is 23.0 Å². The van der Waals surface area contributed by atoms with Gasteiger partial charge in [-0.25, -0.2) is 0 Å². The van der Waals surface area contributed by atoms with Crippen LogP contribution in [0.5, 0.6) is 0 Å². The van der Waals surface area contributed by atoms with Crippen molar-refractivity contribution in [3.8, 4) is 0 Å². The van der Waals surface area contributed by atoms with Gasteiger partial charge in [-0.15, -0.1) is 0 Å². The Morgan fingerprint density at radius 2 is 2.57 bits per heavy atom. The fraction of sp³-hybridized carbons (Fsp3) is 0.500. The number of nitrogens with zero attached hydrogens (tertiary/aromatic N) is 1. The lowest BCUT2D eigenvalue weighted by Crippen LogP contribution is -2.51. The van der Waals surface area contributed by atoms with Crippen molar-refractivity contribution in [2.45, 2.75) is 13.0 Å². The zero-order valence-corrected chi connectivity index (χ0v) is 8.19. The first-order chi connectivity index (χ1) is 6.77. The van der Waals surface area contributed by atoms with Crippen LogP contribution in [0.1, 0.15) is 17.3 Å². The van der Waals surface area contributed by atoms with E-state index in [1.54, 1.807) is 6.07 Å². The van der Waals surface area contributed by atoms with E-state index in [2.05, 4.69) is 12.2 Å². The molecule has 4 heteroatoms. The molecule has 1 aromatic rings. The van der Waals surface area contributed by atoms with E-state index in [1.807, 2.05) is 4.90 Å². The quantitative estimate of drug-likeness (QED) is 0.716. The van der Waals surface area contributed by atoms with Crippen molar-refractivity contribution in [1.29, 1.82) is 0 Å². The highest BCUT2D eigenvalue weighted by Crippen LogP contribution is 2.07. The number of furan rings is 1. The van der Waals surface area contributed by atoms with Crippen LogP contribution in [-0.4, -0.2) is 36.5 Å². The number of nitrogens with one attached hydrogen (secondary N) is 1. The highest BCUT2D eigenvalue weighted by atomic mass is 16.3. The molecule has 0 unspecified atom stereocenters. The molecule has 1 aromatic heterocycles. The second-order valence-corrected chi connectivity index (χ2v) is 3.62. The molecule has 1 N–H and O–H groups in total. The topological polar surface area (TPSA) is 45.5 Å². The van der Waals surface area contributed by atoms with Crippen molar-refractivity contribution in [3.05, 3.63) is 24.2 Å². The summed E-state index contributed by atoms with van der Waals surface area (Å²) in [5.74, 6) is 0.0621. The third kappa shape index (κ3) is 1.80. The molecule has 1 aliphatic heterocycles. The highest BCUT2D eigenvalue weighted by Gasteiger charge is 2.21. The molecule has 0 aliphatic carbocycles. The first-order valence-corrected chi connectivity index (χ1v) is 4.82. The van der Waals surface area contributed by atoms with E-state index >= 15 is 0 Å². The second kappa shape index (κ2) is 3.84. The summed E-state index contributed by atoms with van der Waals surface area (Å²) in [4.78, 5) is 13.7. The Morgan fingerprint density at radius 1 is 1.71 bits per heavy atom. The summed E-state index contributed by atoms with van der Waals surface area (Å²) in [5, 5.41) is 3.29. The number of hydrogen-bond donors (Lipinski definition) is 1. The lowest BCUT2D eigenvalue weighted by molar-refractivity contribution is 0.0708. The van der Waals surface area contributed by atoms with Gasteiger partial charge in [0.1, 0.15) is 6.26 Å². The molecule has 0 aromatic carbocycles. The number of rotatable bonds is 1. The van der Waals surface area contributed by atoms with Gasteiger partial charge in [0, 0.05) is 25.7 Å². The summed E-state index contributed by atoms with van der Waals surface area (Å²) in [5.41, 5.74) is 0.638. The Bertz CT molecular complexity index is 308. The average Bonchev–Trinajstić information content (AvgIpc) is 2.69. The molecule has 1 fully saturated rings. The fourth-order valence-electron chi connectivity index (χ4n) is 1.69. The Labute approximate surface area is 82.9 Å². The maximum atomic E-state index is 11.8. The van der Waals surface area contributed by atoms with Crippen LogP contribution in [0.25, 0.3) is 0 Å². The van der Waals surface area contributed by atoms with E-state index in [0.717, 1.165) is 19.6 Å². The van der Waals surface area contributed by atoms with E-state index in [0.29, 0.717) is 11.6 Å². The Balaban J connectivity index is 2.04. The smallest absolute Gasteiger partial charge is 0.257 e. The molecule has 0 saturated carbocycles. The lowest BCUT2D eigenvalue weighted by atomic mass is 10.2. The van der Waals surface area contributed by atoms with Crippen LogP contribution in [0.3, 0.4) is 0 Å². The van der Waals surface area contributed by atoms with Gasteiger partial charge < -0.3 is 14.6 Å². The van der Waals surface area contributed by atoms with E-state index in [9.17, 15) is 4.79 Å². The summed E-state index contributed by atoms with van der Waals surface area (Å²) in [7, 11) is 0. The first kappa shape index (κ1) is 9.27. The van der Waals surface area contributed by atoms with Crippen molar-refractivity contribution in [1.82, 2.24) is 10.2 Å². The summed E-state index contributed by atoms with van der Waals surface area (Å²) < 4.78 is 4.89. The first-order valence-electron chi connectivity index (χ1n) is 4.82. The standard InChI is InChI=1S/C10H14N2O2/c1-8-6-12(4-3-11-8)10(13)9-2-5-14-7-9/h2,5,7-8,11H,3-4,6H2,1H3/t8-/m0/s1. The van der Waals surface area contributed by atoms with E-state index < -0.39 is 0 Å². The minimum atomic E-state index is 0.0621. The van der Waals surface area contributed by atoms with Crippen LogP contribution in [0.2, 0.25) is 0 Å². The van der Waals surface area contributed by atoms with Crippen molar-refractivity contribution in [2.24, 2.45) is 0 Å². The molecule has 4 nitrogen and oxygen atoms in total. The zero-order valence-electron chi connectivity index (χ0n) is 8.19. The Morgan fingerprint density at radius 3 is 3.21 bits per heavy atom. The molecule has 2 rings (SSSR count). The third-order valence-corrected chi connectivity index (χ3v) is 2.42. The monoisotopic (exact) mass is 194 g/mol. The zero-order chi connectivity index (χ0) is 9.97. The second-order valence-electron chi connectivity index (χ2n) is 3.62. The number of amides is 1. The van der Waals surface area contributed by atoms with Crippen LogP contribution in [0.4, 0.5) is 0 Å². The molecule has 0 spiro atoms. The molecule has 1 amide bonds. The van der Waals surface area contributed by atoms with Gasteiger partial charge in [0.25, 0.3) is 5.91 Å². The lowest BCUT2D eigenvalue weighted by Gasteiger charge is -2.31.